The summed E-state index contributed by atoms with van der Waals surface area (Å²) in [6.07, 6.45) is -3.83. The topological polar surface area (TPSA) is 132 Å². The van der Waals surface area contributed by atoms with Crippen LogP contribution in [0.5, 0.6) is 5.75 Å². The molecule has 0 unspecified atom stereocenters. The van der Waals surface area contributed by atoms with Crippen molar-refractivity contribution in [3.63, 3.8) is 0 Å². The number of aromatic nitrogens is 2. The SMILES string of the molecule is CC(=O)NC[C@H]1CN(S(=O)(=O)c2cnn(C3CC3)c2C)c2cc(NC(=O)OC(C)(C)C(F)(F)F)ccc2O1. The number of alkyl halides is 3. The van der Waals surface area contributed by atoms with E-state index in [9.17, 15) is 31.2 Å². The monoisotopic (exact) mass is 559 g/mol. The van der Waals surface area contributed by atoms with E-state index in [1.165, 1.54) is 31.3 Å². The Morgan fingerprint density at radius 2 is 1.92 bits per heavy atom. The molecule has 1 atom stereocenters. The lowest BCUT2D eigenvalue weighted by Gasteiger charge is -2.35. The summed E-state index contributed by atoms with van der Waals surface area (Å²) in [5.41, 5.74) is -2.25. The number of sulfonamides is 1. The molecule has 1 saturated carbocycles. The summed E-state index contributed by atoms with van der Waals surface area (Å²) in [6, 6.07) is 4.13. The Morgan fingerprint density at radius 1 is 1.24 bits per heavy atom. The Kier molecular flexibility index (Phi) is 7.01. The highest BCUT2D eigenvalue weighted by Gasteiger charge is 2.51. The quantitative estimate of drug-likeness (QED) is 0.531. The number of ether oxygens (including phenoxy) is 2. The van der Waals surface area contributed by atoms with Crippen LogP contribution in [0.3, 0.4) is 0 Å². The van der Waals surface area contributed by atoms with Crippen LogP contribution in [0.1, 0.15) is 45.3 Å². The van der Waals surface area contributed by atoms with Crippen molar-refractivity contribution in [2.45, 2.75) is 69.4 Å². The lowest BCUT2D eigenvalue weighted by Crippen LogP contribution is -2.48. The van der Waals surface area contributed by atoms with Crippen molar-refractivity contribution < 1.29 is 40.7 Å². The molecular weight excluding hydrogens is 531 g/mol. The van der Waals surface area contributed by atoms with Crippen molar-refractivity contribution in [3.05, 3.63) is 30.1 Å². The zero-order chi connectivity index (χ0) is 28.0. The van der Waals surface area contributed by atoms with E-state index < -0.39 is 34.0 Å². The normalized spacial score (nSPS) is 17.9. The number of halogens is 3. The van der Waals surface area contributed by atoms with Crippen molar-refractivity contribution in [3.8, 4) is 5.75 Å². The largest absolute Gasteiger partial charge is 0.484 e. The molecule has 1 aliphatic carbocycles. The van der Waals surface area contributed by atoms with E-state index in [0.717, 1.165) is 17.1 Å². The summed E-state index contributed by atoms with van der Waals surface area (Å²) in [6.45, 7) is 4.24. The molecule has 1 aliphatic heterocycles. The Bertz CT molecular complexity index is 1350. The maximum Gasteiger partial charge on any atom is 0.427 e. The maximum atomic E-state index is 13.8. The lowest BCUT2D eigenvalue weighted by atomic mass is 10.1. The van der Waals surface area contributed by atoms with Crippen LogP contribution in [0.4, 0.5) is 29.3 Å². The molecule has 0 bridgehead atoms. The minimum Gasteiger partial charge on any atom is -0.484 e. The van der Waals surface area contributed by atoms with Gasteiger partial charge in [-0.25, -0.2) is 13.2 Å². The van der Waals surface area contributed by atoms with Crippen LogP contribution in [0.15, 0.2) is 29.3 Å². The van der Waals surface area contributed by atoms with Crippen molar-refractivity contribution >= 4 is 33.4 Å². The van der Waals surface area contributed by atoms with Crippen LogP contribution >= 0.6 is 0 Å². The van der Waals surface area contributed by atoms with E-state index in [4.69, 9.17) is 4.74 Å². The first kappa shape index (κ1) is 27.5. The summed E-state index contributed by atoms with van der Waals surface area (Å²) in [4.78, 5) is 23.6. The predicted molar refractivity (Wildman–Crippen MR) is 130 cm³/mol. The number of hydrogen-bond acceptors (Lipinski definition) is 7. The molecule has 2 amide bonds. The molecule has 0 radical (unpaired) electrons. The molecule has 2 aromatic rings. The number of amides is 2. The van der Waals surface area contributed by atoms with Crippen LogP contribution in [-0.4, -0.2) is 61.2 Å². The molecule has 11 nitrogen and oxygen atoms in total. The fourth-order valence-corrected chi connectivity index (χ4v) is 5.53. The van der Waals surface area contributed by atoms with E-state index in [1.807, 2.05) is 0 Å². The summed E-state index contributed by atoms with van der Waals surface area (Å²) in [5.74, 6) is -0.188. The molecule has 1 fully saturated rings. The molecule has 2 N–H and O–H groups in total. The van der Waals surface area contributed by atoms with Gasteiger partial charge in [0.05, 0.1) is 36.7 Å². The first-order chi connectivity index (χ1) is 17.6. The Balaban J connectivity index is 1.66. The van der Waals surface area contributed by atoms with Gasteiger partial charge in [0.1, 0.15) is 16.7 Å². The van der Waals surface area contributed by atoms with Gasteiger partial charge in [-0.2, -0.15) is 18.3 Å². The minimum atomic E-state index is -4.80. The van der Waals surface area contributed by atoms with Crippen LogP contribution in [0.25, 0.3) is 0 Å². The average molecular weight is 560 g/mol. The van der Waals surface area contributed by atoms with Gasteiger partial charge in [-0.3, -0.25) is 19.1 Å². The maximum absolute atomic E-state index is 13.8. The first-order valence-electron chi connectivity index (χ1n) is 11.8. The number of hydrogen-bond donors (Lipinski definition) is 2. The van der Waals surface area contributed by atoms with Gasteiger partial charge >= 0.3 is 12.3 Å². The molecule has 1 aromatic carbocycles. The van der Waals surface area contributed by atoms with E-state index >= 15 is 0 Å². The number of fused-ring (bicyclic) bond motifs is 1. The predicted octanol–water partition coefficient (Wildman–Crippen LogP) is 3.51. The van der Waals surface area contributed by atoms with E-state index in [2.05, 4.69) is 20.5 Å². The summed E-state index contributed by atoms with van der Waals surface area (Å²) in [5, 5.41) is 9.05. The third kappa shape index (κ3) is 5.51. The van der Waals surface area contributed by atoms with Crippen LogP contribution < -0.4 is 19.7 Å². The zero-order valence-electron chi connectivity index (χ0n) is 21.1. The molecule has 1 aromatic heterocycles. The number of nitrogens with one attached hydrogen (secondary N) is 2. The van der Waals surface area contributed by atoms with Gasteiger partial charge in [-0.1, -0.05) is 0 Å². The van der Waals surface area contributed by atoms with Crippen LogP contribution in [-0.2, 0) is 19.6 Å². The van der Waals surface area contributed by atoms with Gasteiger partial charge in [0, 0.05) is 12.6 Å². The lowest BCUT2D eigenvalue weighted by molar-refractivity contribution is -0.242. The average Bonchev–Trinajstić information content (AvgIpc) is 3.56. The number of nitrogens with zero attached hydrogens (tertiary/aromatic N) is 3. The summed E-state index contributed by atoms with van der Waals surface area (Å²) >= 11 is 0. The van der Waals surface area contributed by atoms with Crippen LogP contribution in [0.2, 0.25) is 0 Å². The van der Waals surface area contributed by atoms with Gasteiger partial charge in [0.25, 0.3) is 10.0 Å². The van der Waals surface area contributed by atoms with Crippen LogP contribution in [0, 0.1) is 6.92 Å². The van der Waals surface area contributed by atoms with E-state index in [-0.39, 0.29) is 47.1 Å². The Hall–Kier alpha value is -3.49. The second kappa shape index (κ2) is 9.67. The summed E-state index contributed by atoms with van der Waals surface area (Å²) < 4.78 is 80.2. The molecule has 38 heavy (non-hydrogen) atoms. The van der Waals surface area contributed by atoms with E-state index in [0.29, 0.717) is 19.5 Å². The highest BCUT2D eigenvalue weighted by molar-refractivity contribution is 7.92. The fourth-order valence-electron chi connectivity index (χ4n) is 3.88. The Labute approximate surface area is 217 Å². The molecule has 2 aliphatic rings. The molecule has 0 saturated heterocycles. The van der Waals surface area contributed by atoms with Gasteiger partial charge < -0.3 is 14.8 Å². The van der Waals surface area contributed by atoms with E-state index in [1.54, 1.807) is 11.6 Å². The number of carbonyl (C=O) groups is 2. The highest BCUT2D eigenvalue weighted by Crippen LogP contribution is 2.41. The number of carbonyl (C=O) groups excluding carboxylic acids is 2. The second-order valence-electron chi connectivity index (χ2n) is 9.69. The third-order valence-electron chi connectivity index (χ3n) is 6.21. The molecule has 2 heterocycles. The minimum absolute atomic E-state index is 0.0127. The summed E-state index contributed by atoms with van der Waals surface area (Å²) in [7, 11) is -4.19. The van der Waals surface area contributed by atoms with Gasteiger partial charge in [0.15, 0.2) is 0 Å². The van der Waals surface area contributed by atoms with Crippen molar-refractivity contribution in [2.24, 2.45) is 0 Å². The first-order valence-corrected chi connectivity index (χ1v) is 13.2. The molecule has 208 valence electrons. The number of benzene rings is 1. The number of anilines is 2. The standard InChI is InChI=1S/C23H28F3N5O6S/c1-13-20(11-28-31(13)16-6-7-16)38(34,35)30-12-17(10-27-14(2)32)36-19-8-5-15(9-18(19)30)29-21(33)37-22(3,4)23(24,25)26/h5,8-9,11,16-17H,6-7,10,12H2,1-4H3,(H,27,32)(H,29,33)/t17-/m0/s1. The van der Waals surface area contributed by atoms with Gasteiger partial charge in [-0.15, -0.1) is 0 Å². The van der Waals surface area contributed by atoms with Crippen molar-refractivity contribution in [2.75, 3.05) is 22.7 Å². The van der Waals surface area contributed by atoms with Gasteiger partial charge in [0.2, 0.25) is 11.5 Å². The van der Waals surface area contributed by atoms with Gasteiger partial charge in [-0.05, 0) is 51.8 Å². The third-order valence-corrected chi connectivity index (χ3v) is 8.09. The highest BCUT2D eigenvalue weighted by atomic mass is 32.2. The number of rotatable bonds is 7. The zero-order valence-corrected chi connectivity index (χ0v) is 21.9. The van der Waals surface area contributed by atoms with Crippen molar-refractivity contribution in [1.82, 2.24) is 15.1 Å². The Morgan fingerprint density at radius 3 is 2.53 bits per heavy atom. The smallest absolute Gasteiger partial charge is 0.427 e. The fraction of sp³-hybridized carbons (Fsp3) is 0.522. The molecule has 4 rings (SSSR count). The molecular formula is C23H28F3N5O6S. The second-order valence-corrected chi connectivity index (χ2v) is 11.5. The van der Waals surface area contributed by atoms with Crippen molar-refractivity contribution in [1.29, 1.82) is 0 Å². The molecule has 15 heteroatoms. The molecule has 0 spiro atoms.